The predicted octanol–water partition coefficient (Wildman–Crippen LogP) is 3.85. The van der Waals surface area contributed by atoms with Gasteiger partial charge in [0.15, 0.2) is 0 Å². The zero-order chi connectivity index (χ0) is 14.6. The second-order valence-corrected chi connectivity index (χ2v) is 5.79. The number of carbonyl (C=O) groups is 2. The summed E-state index contributed by atoms with van der Waals surface area (Å²) in [6.45, 7) is 1.67. The number of halogens is 3. The van der Waals surface area contributed by atoms with Gasteiger partial charge in [0.25, 0.3) is 0 Å². The number of amides is 2. The maximum Gasteiger partial charge on any atom is 0.326 e. The third-order valence-corrected chi connectivity index (χ3v) is 3.73. The Balaban J connectivity index is 2.80. The van der Waals surface area contributed by atoms with E-state index in [4.69, 9.17) is 16.7 Å². The summed E-state index contributed by atoms with van der Waals surface area (Å²) in [6, 6.07) is 1.72. The van der Waals surface area contributed by atoms with E-state index in [0.717, 1.165) is 0 Å². The van der Waals surface area contributed by atoms with Crippen LogP contribution in [0.5, 0.6) is 0 Å². The van der Waals surface area contributed by atoms with Gasteiger partial charge in [-0.15, -0.1) is 0 Å². The van der Waals surface area contributed by atoms with Crippen LogP contribution in [0.1, 0.15) is 13.3 Å². The van der Waals surface area contributed by atoms with Gasteiger partial charge in [0, 0.05) is 14.0 Å². The molecule has 1 aromatic carbocycles. The second-order valence-electron chi connectivity index (χ2n) is 3.64. The first kappa shape index (κ1) is 16.3. The highest BCUT2D eigenvalue weighted by Gasteiger charge is 2.18. The van der Waals surface area contributed by atoms with Gasteiger partial charge in [0.1, 0.15) is 6.04 Å². The largest absolute Gasteiger partial charge is 0.480 e. The summed E-state index contributed by atoms with van der Waals surface area (Å²) < 4.78 is 1.18. The van der Waals surface area contributed by atoms with Crippen LogP contribution < -0.4 is 10.6 Å². The monoisotopic (exact) mass is 412 g/mol. The van der Waals surface area contributed by atoms with Crippen LogP contribution in [0.4, 0.5) is 10.5 Å². The molecule has 0 aliphatic heterocycles. The predicted molar refractivity (Wildman–Crippen MR) is 80.7 cm³/mol. The van der Waals surface area contributed by atoms with Crippen molar-refractivity contribution in [1.29, 1.82) is 0 Å². The van der Waals surface area contributed by atoms with Gasteiger partial charge in [-0.05, 0) is 50.4 Å². The molecule has 3 N–H and O–H groups in total. The molecule has 0 heterocycles. The Bertz CT molecular complexity index is 488. The highest BCUT2D eigenvalue weighted by atomic mass is 79.9. The number of carboxylic acid groups (broad SMARTS) is 1. The molecule has 1 atom stereocenters. The van der Waals surface area contributed by atoms with Crippen LogP contribution in [-0.2, 0) is 4.79 Å². The summed E-state index contributed by atoms with van der Waals surface area (Å²) in [5.74, 6) is -1.08. The van der Waals surface area contributed by atoms with Crippen LogP contribution in [0, 0.1) is 0 Å². The van der Waals surface area contributed by atoms with Crippen LogP contribution in [0.25, 0.3) is 0 Å². The van der Waals surface area contributed by atoms with Crippen molar-refractivity contribution >= 4 is 61.1 Å². The first-order valence-corrected chi connectivity index (χ1v) is 7.26. The van der Waals surface area contributed by atoms with Crippen LogP contribution in [0.2, 0.25) is 5.02 Å². The number of rotatable bonds is 4. The summed E-state index contributed by atoms with van der Waals surface area (Å²) in [4.78, 5) is 22.5. The van der Waals surface area contributed by atoms with Crippen LogP contribution >= 0.6 is 43.5 Å². The summed E-state index contributed by atoms with van der Waals surface area (Å²) in [5.41, 5.74) is 0.474. The molecule has 0 bridgehead atoms. The van der Waals surface area contributed by atoms with Crippen LogP contribution in [-0.4, -0.2) is 23.1 Å². The van der Waals surface area contributed by atoms with Gasteiger partial charge in [-0.1, -0.05) is 18.5 Å². The molecule has 0 saturated heterocycles. The minimum Gasteiger partial charge on any atom is -0.480 e. The molecule has 1 aromatic rings. The van der Waals surface area contributed by atoms with E-state index >= 15 is 0 Å². The molecule has 5 nitrogen and oxygen atoms in total. The molecule has 0 saturated carbocycles. The van der Waals surface area contributed by atoms with Gasteiger partial charge in [-0.2, -0.15) is 0 Å². The van der Waals surface area contributed by atoms with Crippen molar-refractivity contribution in [3.63, 3.8) is 0 Å². The lowest BCUT2D eigenvalue weighted by Crippen LogP contribution is -2.42. The van der Waals surface area contributed by atoms with E-state index in [-0.39, 0.29) is 0 Å². The Hall–Kier alpha value is -0.790. The molecule has 0 fully saturated rings. The smallest absolute Gasteiger partial charge is 0.326 e. The van der Waals surface area contributed by atoms with Crippen molar-refractivity contribution in [2.24, 2.45) is 0 Å². The standard InChI is InChI=1S/C11H11Br2ClN2O3/c1-2-8(10(17)18)15-11(19)16-9-6(12)3-5(14)4-7(9)13/h3-4,8H,2H2,1H3,(H,17,18)(H2,15,16,19)/t8-/m1/s1. The summed E-state index contributed by atoms with van der Waals surface area (Å²) >= 11 is 12.4. The third-order valence-electron chi connectivity index (χ3n) is 2.26. The molecule has 1 rings (SSSR count). The number of nitrogens with one attached hydrogen (secondary N) is 2. The lowest BCUT2D eigenvalue weighted by Gasteiger charge is -2.15. The quantitative estimate of drug-likeness (QED) is 0.700. The first-order chi connectivity index (χ1) is 8.85. The number of anilines is 1. The van der Waals surface area contributed by atoms with Gasteiger partial charge >= 0.3 is 12.0 Å². The molecule has 104 valence electrons. The molecule has 8 heteroatoms. The Kier molecular flexibility index (Phi) is 6.09. The SMILES string of the molecule is CC[C@@H](NC(=O)Nc1c(Br)cc(Cl)cc1Br)C(=O)O. The Labute approximate surface area is 132 Å². The maximum absolute atomic E-state index is 11.7. The van der Waals surface area contributed by atoms with Crippen molar-refractivity contribution < 1.29 is 14.7 Å². The lowest BCUT2D eigenvalue weighted by atomic mass is 10.2. The molecule has 0 unspecified atom stereocenters. The molecule has 19 heavy (non-hydrogen) atoms. The van der Waals surface area contributed by atoms with Gasteiger partial charge in [-0.25, -0.2) is 9.59 Å². The van der Waals surface area contributed by atoms with Gasteiger partial charge in [0.05, 0.1) is 5.69 Å². The Morgan fingerprint density at radius 3 is 2.32 bits per heavy atom. The zero-order valence-corrected chi connectivity index (χ0v) is 13.8. The summed E-state index contributed by atoms with van der Waals surface area (Å²) in [7, 11) is 0. The summed E-state index contributed by atoms with van der Waals surface area (Å²) in [6.07, 6.45) is 0.297. The van der Waals surface area contributed by atoms with Crippen LogP contribution in [0.15, 0.2) is 21.1 Å². The maximum atomic E-state index is 11.7. The number of urea groups is 1. The van der Waals surface area contributed by atoms with Crippen molar-refractivity contribution in [1.82, 2.24) is 5.32 Å². The average Bonchev–Trinajstić information content (AvgIpc) is 2.30. The number of carbonyl (C=O) groups excluding carboxylic acids is 1. The van der Waals surface area contributed by atoms with Crippen molar-refractivity contribution in [2.75, 3.05) is 5.32 Å². The highest BCUT2D eigenvalue weighted by Crippen LogP contribution is 2.34. The fourth-order valence-corrected chi connectivity index (χ4v) is 3.17. The van der Waals surface area contributed by atoms with Crippen LogP contribution in [0.3, 0.4) is 0 Å². The Morgan fingerprint density at radius 2 is 1.89 bits per heavy atom. The van der Waals surface area contributed by atoms with Crippen molar-refractivity contribution in [2.45, 2.75) is 19.4 Å². The van der Waals surface area contributed by atoms with E-state index in [9.17, 15) is 9.59 Å². The normalized spacial score (nSPS) is 11.8. The van der Waals surface area contributed by atoms with E-state index in [0.29, 0.717) is 26.1 Å². The molecule has 0 aromatic heterocycles. The highest BCUT2D eigenvalue weighted by molar-refractivity contribution is 9.11. The van der Waals surface area contributed by atoms with E-state index in [1.807, 2.05) is 0 Å². The fourth-order valence-electron chi connectivity index (χ4n) is 1.31. The molecular weight excluding hydrogens is 403 g/mol. The van der Waals surface area contributed by atoms with Gasteiger partial charge in [-0.3, -0.25) is 0 Å². The minimum absolute atomic E-state index is 0.297. The molecule has 0 spiro atoms. The number of hydrogen-bond donors (Lipinski definition) is 3. The topological polar surface area (TPSA) is 78.4 Å². The van der Waals surface area contributed by atoms with Crippen molar-refractivity contribution in [3.8, 4) is 0 Å². The number of hydrogen-bond acceptors (Lipinski definition) is 2. The molecule has 0 aliphatic carbocycles. The molecule has 0 aliphatic rings. The van der Waals surface area contributed by atoms with E-state index in [2.05, 4.69) is 42.5 Å². The van der Waals surface area contributed by atoms with E-state index < -0.39 is 18.0 Å². The molecule has 2 amide bonds. The zero-order valence-electron chi connectivity index (χ0n) is 9.84. The lowest BCUT2D eigenvalue weighted by molar-refractivity contribution is -0.139. The third kappa shape index (κ3) is 4.67. The summed E-state index contributed by atoms with van der Waals surface area (Å²) in [5, 5.41) is 14.3. The molecule has 0 radical (unpaired) electrons. The van der Waals surface area contributed by atoms with E-state index in [1.165, 1.54) is 0 Å². The first-order valence-electron chi connectivity index (χ1n) is 5.30. The van der Waals surface area contributed by atoms with E-state index in [1.54, 1.807) is 19.1 Å². The van der Waals surface area contributed by atoms with Crippen molar-refractivity contribution in [3.05, 3.63) is 26.1 Å². The number of carboxylic acids is 1. The second kappa shape index (κ2) is 7.12. The average molecular weight is 414 g/mol. The fraction of sp³-hybridized carbons (Fsp3) is 0.273. The Morgan fingerprint density at radius 1 is 1.37 bits per heavy atom. The number of benzene rings is 1. The minimum atomic E-state index is -1.08. The van der Waals surface area contributed by atoms with Gasteiger partial charge in [0.2, 0.25) is 0 Å². The molecular formula is C11H11Br2ClN2O3. The van der Waals surface area contributed by atoms with Gasteiger partial charge < -0.3 is 15.7 Å². The number of aliphatic carboxylic acids is 1.